The Labute approximate surface area is 164 Å². The molecule has 1 unspecified atom stereocenters. The Kier molecular flexibility index (Phi) is 6.60. The van der Waals surface area contributed by atoms with Gasteiger partial charge in [0, 0.05) is 26.2 Å². The van der Waals surface area contributed by atoms with Gasteiger partial charge in [-0.15, -0.1) is 0 Å². The lowest BCUT2D eigenvalue weighted by atomic mass is 10.0. The van der Waals surface area contributed by atoms with Crippen molar-refractivity contribution >= 4 is 17.6 Å². The fourth-order valence-electron chi connectivity index (χ4n) is 3.25. The summed E-state index contributed by atoms with van der Waals surface area (Å²) in [6.07, 6.45) is 1.96. The Bertz CT molecular complexity index is 796. The van der Waals surface area contributed by atoms with Crippen molar-refractivity contribution in [2.24, 2.45) is 0 Å². The van der Waals surface area contributed by atoms with E-state index < -0.39 is 6.04 Å². The second-order valence-electron chi connectivity index (χ2n) is 6.97. The standard InChI is InChI=1S/C21H25N3O4/c1-16(25)18(14-17-6-3-2-4-7-17)22-20(26)15-23-9-11-24(12-10-23)21(27)19-8-5-13-28-19/h2-8,13,18H,9-12,14-15H2,1H3,(H,22,26). The molecule has 2 heterocycles. The van der Waals surface area contributed by atoms with Gasteiger partial charge in [-0.05, 0) is 31.0 Å². The number of Topliss-reactive ketones (excluding diaryl/α,β-unsaturated/α-hetero) is 1. The van der Waals surface area contributed by atoms with Gasteiger partial charge in [-0.3, -0.25) is 19.3 Å². The minimum atomic E-state index is -0.531. The average Bonchev–Trinajstić information content (AvgIpc) is 3.23. The number of benzene rings is 1. The smallest absolute Gasteiger partial charge is 0.289 e. The number of nitrogens with one attached hydrogen (secondary N) is 1. The fourth-order valence-corrected chi connectivity index (χ4v) is 3.25. The van der Waals surface area contributed by atoms with Crippen LogP contribution in [0.25, 0.3) is 0 Å². The molecule has 3 rings (SSSR count). The number of amides is 2. The zero-order valence-corrected chi connectivity index (χ0v) is 16.0. The van der Waals surface area contributed by atoms with Crippen LogP contribution in [0.15, 0.2) is 53.1 Å². The van der Waals surface area contributed by atoms with Crippen molar-refractivity contribution in [2.45, 2.75) is 19.4 Å². The summed E-state index contributed by atoms with van der Waals surface area (Å²) >= 11 is 0. The van der Waals surface area contributed by atoms with Gasteiger partial charge in [0.1, 0.15) is 0 Å². The summed E-state index contributed by atoms with van der Waals surface area (Å²) in [5, 5.41) is 2.84. The van der Waals surface area contributed by atoms with Crippen molar-refractivity contribution in [3.63, 3.8) is 0 Å². The molecule has 2 aromatic rings. The van der Waals surface area contributed by atoms with E-state index in [4.69, 9.17) is 4.42 Å². The highest BCUT2D eigenvalue weighted by atomic mass is 16.3. The van der Waals surface area contributed by atoms with E-state index in [0.29, 0.717) is 38.4 Å². The third kappa shape index (κ3) is 5.29. The van der Waals surface area contributed by atoms with Crippen molar-refractivity contribution in [1.82, 2.24) is 15.1 Å². The number of nitrogens with zero attached hydrogens (tertiary/aromatic N) is 2. The maximum atomic E-state index is 12.4. The molecule has 1 saturated heterocycles. The van der Waals surface area contributed by atoms with E-state index in [-0.39, 0.29) is 24.1 Å². The molecule has 0 bridgehead atoms. The Morgan fingerprint density at radius 3 is 2.36 bits per heavy atom. The van der Waals surface area contributed by atoms with Gasteiger partial charge in [0.25, 0.3) is 5.91 Å². The molecule has 1 fully saturated rings. The summed E-state index contributed by atoms with van der Waals surface area (Å²) < 4.78 is 5.15. The van der Waals surface area contributed by atoms with Crippen molar-refractivity contribution in [1.29, 1.82) is 0 Å². The molecule has 1 N–H and O–H groups in total. The number of furan rings is 1. The highest BCUT2D eigenvalue weighted by Gasteiger charge is 2.25. The van der Waals surface area contributed by atoms with Crippen molar-refractivity contribution in [3.8, 4) is 0 Å². The number of carbonyl (C=O) groups is 3. The predicted octanol–water partition coefficient (Wildman–Crippen LogP) is 1.35. The summed E-state index contributed by atoms with van der Waals surface area (Å²) in [4.78, 5) is 40.3. The molecule has 1 aliphatic heterocycles. The summed E-state index contributed by atoms with van der Waals surface area (Å²) in [5.41, 5.74) is 1.01. The van der Waals surface area contributed by atoms with Gasteiger partial charge in [-0.1, -0.05) is 30.3 Å². The van der Waals surface area contributed by atoms with Gasteiger partial charge in [0.15, 0.2) is 11.5 Å². The molecule has 1 aromatic heterocycles. The van der Waals surface area contributed by atoms with E-state index in [2.05, 4.69) is 5.32 Å². The summed E-state index contributed by atoms with van der Waals surface area (Å²) in [6.45, 7) is 3.97. The van der Waals surface area contributed by atoms with Crippen LogP contribution in [0.5, 0.6) is 0 Å². The van der Waals surface area contributed by atoms with Crippen molar-refractivity contribution in [3.05, 3.63) is 60.1 Å². The molecule has 28 heavy (non-hydrogen) atoms. The SMILES string of the molecule is CC(=O)C(Cc1ccccc1)NC(=O)CN1CCN(C(=O)c2ccco2)CC1. The maximum absolute atomic E-state index is 12.4. The summed E-state index contributed by atoms with van der Waals surface area (Å²) in [7, 11) is 0. The van der Waals surface area contributed by atoms with E-state index in [1.165, 1.54) is 13.2 Å². The predicted molar refractivity (Wildman–Crippen MR) is 104 cm³/mol. The lowest BCUT2D eigenvalue weighted by Gasteiger charge is -2.34. The largest absolute Gasteiger partial charge is 0.459 e. The fraction of sp³-hybridized carbons (Fsp3) is 0.381. The molecule has 7 nitrogen and oxygen atoms in total. The third-order valence-electron chi connectivity index (χ3n) is 4.87. The Morgan fingerprint density at radius 1 is 1.04 bits per heavy atom. The molecule has 148 valence electrons. The lowest BCUT2D eigenvalue weighted by molar-refractivity contribution is -0.127. The topological polar surface area (TPSA) is 82.9 Å². The quantitative estimate of drug-likeness (QED) is 0.781. The first-order valence-corrected chi connectivity index (χ1v) is 9.42. The number of carbonyl (C=O) groups excluding carboxylic acids is 3. The maximum Gasteiger partial charge on any atom is 0.289 e. The number of hydrogen-bond acceptors (Lipinski definition) is 5. The molecule has 0 aliphatic carbocycles. The lowest BCUT2D eigenvalue weighted by Crippen LogP contribution is -2.52. The molecule has 7 heteroatoms. The number of rotatable bonds is 7. The van der Waals surface area contributed by atoms with Gasteiger partial charge < -0.3 is 14.6 Å². The van der Waals surface area contributed by atoms with Crippen LogP contribution in [0.3, 0.4) is 0 Å². The molecule has 1 aliphatic rings. The third-order valence-corrected chi connectivity index (χ3v) is 4.87. The summed E-state index contributed by atoms with van der Waals surface area (Å²) in [6, 6.07) is 12.4. The van der Waals surface area contributed by atoms with Crippen LogP contribution in [0.2, 0.25) is 0 Å². The highest BCUT2D eigenvalue weighted by molar-refractivity contribution is 5.91. The first kappa shape index (κ1) is 19.8. The normalized spacial score (nSPS) is 15.8. The van der Waals surface area contributed by atoms with Gasteiger partial charge in [0.2, 0.25) is 5.91 Å². The zero-order valence-electron chi connectivity index (χ0n) is 16.0. The Balaban J connectivity index is 1.47. The van der Waals surface area contributed by atoms with E-state index in [1.54, 1.807) is 17.0 Å². The molecule has 1 atom stereocenters. The van der Waals surface area contributed by atoms with Crippen LogP contribution >= 0.6 is 0 Å². The Morgan fingerprint density at radius 2 is 1.75 bits per heavy atom. The number of ketones is 1. The van der Waals surface area contributed by atoms with Crippen LogP contribution in [0.4, 0.5) is 0 Å². The highest BCUT2D eigenvalue weighted by Crippen LogP contribution is 2.09. The van der Waals surface area contributed by atoms with Crippen LogP contribution < -0.4 is 5.32 Å². The Hall–Kier alpha value is -2.93. The molecular weight excluding hydrogens is 358 g/mol. The van der Waals surface area contributed by atoms with Gasteiger partial charge in [0.05, 0.1) is 18.8 Å². The van der Waals surface area contributed by atoms with Crippen LogP contribution in [0.1, 0.15) is 23.0 Å². The van der Waals surface area contributed by atoms with Gasteiger partial charge >= 0.3 is 0 Å². The monoisotopic (exact) mass is 383 g/mol. The molecule has 1 aromatic carbocycles. The first-order chi connectivity index (χ1) is 13.5. The van der Waals surface area contributed by atoms with Crippen molar-refractivity contribution < 1.29 is 18.8 Å². The molecular formula is C21H25N3O4. The van der Waals surface area contributed by atoms with E-state index in [9.17, 15) is 14.4 Å². The van der Waals surface area contributed by atoms with Gasteiger partial charge in [-0.25, -0.2) is 0 Å². The number of piperazine rings is 1. The number of hydrogen-bond donors (Lipinski definition) is 1. The van der Waals surface area contributed by atoms with Crippen LogP contribution in [-0.2, 0) is 16.0 Å². The minimum absolute atomic E-state index is 0.0638. The second kappa shape index (κ2) is 9.32. The van der Waals surface area contributed by atoms with Gasteiger partial charge in [-0.2, -0.15) is 0 Å². The van der Waals surface area contributed by atoms with Crippen LogP contribution in [-0.4, -0.2) is 66.2 Å². The van der Waals surface area contributed by atoms with E-state index >= 15 is 0 Å². The minimum Gasteiger partial charge on any atom is -0.459 e. The second-order valence-corrected chi connectivity index (χ2v) is 6.97. The molecule has 0 saturated carbocycles. The average molecular weight is 383 g/mol. The first-order valence-electron chi connectivity index (χ1n) is 9.42. The van der Waals surface area contributed by atoms with E-state index in [1.807, 2.05) is 35.2 Å². The molecule has 0 radical (unpaired) electrons. The molecule has 0 spiro atoms. The van der Waals surface area contributed by atoms with E-state index in [0.717, 1.165) is 5.56 Å². The zero-order chi connectivity index (χ0) is 19.9. The van der Waals surface area contributed by atoms with Crippen molar-refractivity contribution in [2.75, 3.05) is 32.7 Å². The molecule has 2 amide bonds. The van der Waals surface area contributed by atoms with Crippen LogP contribution in [0, 0.1) is 0 Å². The summed E-state index contributed by atoms with van der Waals surface area (Å²) in [5.74, 6) is -0.0435.